The number of halogens is 1. The summed E-state index contributed by atoms with van der Waals surface area (Å²) in [7, 11) is -2.47. The van der Waals surface area contributed by atoms with Crippen molar-refractivity contribution in [3.05, 3.63) is 29.3 Å². The fourth-order valence-electron chi connectivity index (χ4n) is 2.22. The number of hydrogen-bond donors (Lipinski definition) is 2. The molecule has 2 rings (SSSR count). The molecule has 24 heavy (non-hydrogen) atoms. The Hall–Kier alpha value is -1.68. The lowest BCUT2D eigenvalue weighted by Crippen LogP contribution is -2.52. The van der Waals surface area contributed by atoms with Gasteiger partial charge in [-0.05, 0) is 30.7 Å². The van der Waals surface area contributed by atoms with Crippen LogP contribution in [0.4, 0.5) is 0 Å². The normalized spacial score (nSPS) is 18.8. The molecule has 0 bridgehead atoms. The maximum Gasteiger partial charge on any atom is 0.309 e. The van der Waals surface area contributed by atoms with Gasteiger partial charge in [0.05, 0.1) is 18.0 Å². The van der Waals surface area contributed by atoms with Crippen molar-refractivity contribution in [2.24, 2.45) is 0 Å². The van der Waals surface area contributed by atoms with Crippen LogP contribution in [0.15, 0.2) is 29.2 Å². The summed E-state index contributed by atoms with van der Waals surface area (Å²) in [6.45, 7) is 0.498. The van der Waals surface area contributed by atoms with Crippen molar-refractivity contribution >= 4 is 33.4 Å². The van der Waals surface area contributed by atoms with E-state index in [4.69, 9.17) is 16.3 Å². The van der Waals surface area contributed by atoms with E-state index in [0.29, 0.717) is 18.1 Å². The molecule has 0 aliphatic carbocycles. The van der Waals surface area contributed by atoms with Gasteiger partial charge >= 0.3 is 11.8 Å². The Kier molecular flexibility index (Phi) is 6.16. The first kappa shape index (κ1) is 18.7. The summed E-state index contributed by atoms with van der Waals surface area (Å²) >= 11 is 5.79. The molecule has 0 spiro atoms. The van der Waals surface area contributed by atoms with E-state index < -0.39 is 28.1 Å². The van der Waals surface area contributed by atoms with Crippen molar-refractivity contribution < 1.29 is 22.7 Å². The van der Waals surface area contributed by atoms with Crippen molar-refractivity contribution in [3.8, 4) is 0 Å². The number of nitrogens with zero attached hydrogens (tertiary/aromatic N) is 1. The fourth-order valence-corrected chi connectivity index (χ4v) is 3.91. The van der Waals surface area contributed by atoms with E-state index in [1.54, 1.807) is 0 Å². The summed E-state index contributed by atoms with van der Waals surface area (Å²) in [5.41, 5.74) is 0. The molecule has 1 saturated heterocycles. The maximum absolute atomic E-state index is 12.8. The fraction of sp³-hybridized carbons (Fsp3) is 0.429. The van der Waals surface area contributed by atoms with Crippen LogP contribution in [-0.4, -0.2) is 57.5 Å². The second-order valence-electron chi connectivity index (χ2n) is 5.04. The molecule has 1 aliphatic heterocycles. The molecular weight excluding hydrogens is 358 g/mol. The van der Waals surface area contributed by atoms with Crippen molar-refractivity contribution in [1.82, 2.24) is 14.9 Å². The molecule has 1 aromatic rings. The number of carbonyl (C=O) groups is 2. The van der Waals surface area contributed by atoms with Crippen LogP contribution in [0.1, 0.15) is 6.42 Å². The molecule has 0 unspecified atom stereocenters. The molecule has 1 heterocycles. The molecule has 132 valence electrons. The highest BCUT2D eigenvalue weighted by atomic mass is 35.5. The van der Waals surface area contributed by atoms with Crippen LogP contribution in [0.2, 0.25) is 5.02 Å². The summed E-state index contributed by atoms with van der Waals surface area (Å²) in [5, 5.41) is 4.98. The van der Waals surface area contributed by atoms with Crippen LogP contribution < -0.4 is 10.6 Å². The van der Waals surface area contributed by atoms with Gasteiger partial charge < -0.3 is 15.4 Å². The second-order valence-corrected chi connectivity index (χ2v) is 7.36. The van der Waals surface area contributed by atoms with Gasteiger partial charge in [-0.2, -0.15) is 4.31 Å². The van der Waals surface area contributed by atoms with E-state index in [9.17, 15) is 18.0 Å². The van der Waals surface area contributed by atoms with Crippen molar-refractivity contribution in [2.75, 3.05) is 26.7 Å². The minimum atomic E-state index is -3.80. The van der Waals surface area contributed by atoms with Crippen LogP contribution in [0.5, 0.6) is 0 Å². The number of carbonyl (C=O) groups excluding carboxylic acids is 2. The zero-order valence-electron chi connectivity index (χ0n) is 13.0. The molecule has 10 heteroatoms. The standard InChI is InChI=1S/C14H18ClN3O5S/c1-16-13(19)14(20)17-9-12-18(7-2-8-23-12)24(21,22)11-5-3-10(15)4-6-11/h3-6,12H,2,7-9H2,1H3,(H,16,19)(H,17,20)/t12-/m1/s1. The highest BCUT2D eigenvalue weighted by molar-refractivity contribution is 7.89. The summed E-state index contributed by atoms with van der Waals surface area (Å²) < 4.78 is 32.1. The minimum absolute atomic E-state index is 0.0834. The molecule has 2 N–H and O–H groups in total. The summed E-state index contributed by atoms with van der Waals surface area (Å²) in [5.74, 6) is -1.66. The zero-order valence-corrected chi connectivity index (χ0v) is 14.6. The average molecular weight is 376 g/mol. The summed E-state index contributed by atoms with van der Waals surface area (Å²) in [6.07, 6.45) is -0.347. The van der Waals surface area contributed by atoms with Crippen LogP contribution in [0.25, 0.3) is 0 Å². The Morgan fingerprint density at radius 1 is 1.29 bits per heavy atom. The predicted octanol–water partition coefficient (Wildman–Crippen LogP) is -0.0607. The van der Waals surface area contributed by atoms with E-state index in [0.717, 1.165) is 0 Å². The molecule has 8 nitrogen and oxygen atoms in total. The van der Waals surface area contributed by atoms with Gasteiger partial charge in [0, 0.05) is 18.6 Å². The van der Waals surface area contributed by atoms with Gasteiger partial charge in [-0.25, -0.2) is 8.42 Å². The molecule has 1 aliphatic rings. The van der Waals surface area contributed by atoms with Crippen LogP contribution >= 0.6 is 11.6 Å². The number of amides is 2. The van der Waals surface area contributed by atoms with E-state index in [1.165, 1.54) is 35.6 Å². The molecule has 1 fully saturated rings. The van der Waals surface area contributed by atoms with E-state index in [-0.39, 0.29) is 18.0 Å². The average Bonchev–Trinajstić information content (AvgIpc) is 2.59. The first-order valence-corrected chi connectivity index (χ1v) is 9.07. The van der Waals surface area contributed by atoms with Gasteiger partial charge in [-0.3, -0.25) is 9.59 Å². The highest BCUT2D eigenvalue weighted by Crippen LogP contribution is 2.23. The molecule has 1 aromatic carbocycles. The first-order chi connectivity index (χ1) is 11.4. The van der Waals surface area contributed by atoms with Gasteiger partial charge in [0.2, 0.25) is 10.0 Å². The van der Waals surface area contributed by atoms with Gasteiger partial charge in [0.1, 0.15) is 6.23 Å². The third-order valence-electron chi connectivity index (χ3n) is 3.45. The second kappa shape index (κ2) is 7.93. The molecule has 2 amide bonds. The third kappa shape index (κ3) is 4.23. The lowest BCUT2D eigenvalue weighted by atomic mass is 10.3. The lowest BCUT2D eigenvalue weighted by Gasteiger charge is -2.34. The maximum atomic E-state index is 12.8. The smallest absolute Gasteiger partial charge is 0.309 e. The minimum Gasteiger partial charge on any atom is -0.360 e. The lowest BCUT2D eigenvalue weighted by molar-refractivity contribution is -0.139. The third-order valence-corrected chi connectivity index (χ3v) is 5.60. The molecule has 0 radical (unpaired) electrons. The summed E-state index contributed by atoms with van der Waals surface area (Å²) in [4.78, 5) is 22.8. The Labute approximate surface area is 145 Å². The molecule has 1 atom stereocenters. The topological polar surface area (TPSA) is 105 Å². The van der Waals surface area contributed by atoms with Crippen LogP contribution in [-0.2, 0) is 24.3 Å². The quantitative estimate of drug-likeness (QED) is 0.717. The monoisotopic (exact) mass is 375 g/mol. The van der Waals surface area contributed by atoms with Crippen molar-refractivity contribution in [3.63, 3.8) is 0 Å². The van der Waals surface area contributed by atoms with Gasteiger partial charge in [0.15, 0.2) is 0 Å². The van der Waals surface area contributed by atoms with E-state index in [2.05, 4.69) is 10.6 Å². The van der Waals surface area contributed by atoms with Gasteiger partial charge in [0.25, 0.3) is 0 Å². The highest BCUT2D eigenvalue weighted by Gasteiger charge is 2.34. The first-order valence-electron chi connectivity index (χ1n) is 7.25. The van der Waals surface area contributed by atoms with E-state index >= 15 is 0 Å². The van der Waals surface area contributed by atoms with E-state index in [1.807, 2.05) is 0 Å². The zero-order chi connectivity index (χ0) is 17.7. The number of rotatable bonds is 4. The molecule has 0 aromatic heterocycles. The number of likely N-dealkylation sites (N-methyl/N-ethyl adjacent to an activating group) is 1. The Morgan fingerprint density at radius 2 is 1.96 bits per heavy atom. The number of hydrogen-bond acceptors (Lipinski definition) is 5. The Balaban J connectivity index is 2.14. The van der Waals surface area contributed by atoms with Gasteiger partial charge in [-0.1, -0.05) is 11.6 Å². The Bertz CT molecular complexity index is 708. The Morgan fingerprint density at radius 3 is 2.58 bits per heavy atom. The largest absolute Gasteiger partial charge is 0.360 e. The molecular formula is C14H18ClN3O5S. The van der Waals surface area contributed by atoms with Crippen LogP contribution in [0, 0.1) is 0 Å². The number of sulfonamides is 1. The van der Waals surface area contributed by atoms with Crippen molar-refractivity contribution in [1.29, 1.82) is 0 Å². The van der Waals surface area contributed by atoms with Crippen molar-refractivity contribution in [2.45, 2.75) is 17.5 Å². The molecule has 0 saturated carbocycles. The number of ether oxygens (including phenoxy) is 1. The number of nitrogens with one attached hydrogen (secondary N) is 2. The SMILES string of the molecule is CNC(=O)C(=O)NC[C@H]1OCCCN1S(=O)(=O)c1ccc(Cl)cc1. The predicted molar refractivity (Wildman–Crippen MR) is 86.8 cm³/mol. The summed E-state index contributed by atoms with van der Waals surface area (Å²) in [6, 6.07) is 5.79. The van der Waals surface area contributed by atoms with Crippen LogP contribution in [0.3, 0.4) is 0 Å². The van der Waals surface area contributed by atoms with Gasteiger partial charge in [-0.15, -0.1) is 0 Å². The number of benzene rings is 1.